The fourth-order valence-corrected chi connectivity index (χ4v) is 3.97. The van der Waals surface area contributed by atoms with Crippen LogP contribution in [0.1, 0.15) is 12.8 Å². The lowest BCUT2D eigenvalue weighted by molar-refractivity contribution is 0.0876. The quantitative estimate of drug-likeness (QED) is 0.879. The Morgan fingerprint density at radius 2 is 2.12 bits per heavy atom. The summed E-state index contributed by atoms with van der Waals surface area (Å²) in [6.07, 6.45) is 2.31. The molecule has 3 aliphatic heterocycles. The highest BCUT2D eigenvalue weighted by Gasteiger charge is 2.36. The highest BCUT2D eigenvalue weighted by Crippen LogP contribution is 2.31. The minimum Gasteiger partial charge on any atom is -0.383 e. The number of hydrogen-bond acceptors (Lipinski definition) is 3. The van der Waals surface area contributed by atoms with Crippen LogP contribution in [0.25, 0.3) is 0 Å². The Bertz CT molecular complexity index is 599. The van der Waals surface area contributed by atoms with Gasteiger partial charge in [-0.1, -0.05) is 29.3 Å². The molecule has 0 unspecified atom stereocenters. The van der Waals surface area contributed by atoms with Gasteiger partial charge < -0.3 is 15.0 Å². The van der Waals surface area contributed by atoms with Crippen molar-refractivity contribution in [3.05, 3.63) is 28.2 Å². The summed E-state index contributed by atoms with van der Waals surface area (Å²) in [4.78, 5) is 17.1. The molecule has 3 heterocycles. The number of anilines is 1. The second kappa shape index (κ2) is 7.91. The number of rotatable bonds is 4. The maximum Gasteiger partial charge on any atom is 0.321 e. The van der Waals surface area contributed by atoms with Gasteiger partial charge in [0, 0.05) is 39.3 Å². The lowest BCUT2D eigenvalue weighted by Gasteiger charge is -2.35. The van der Waals surface area contributed by atoms with Gasteiger partial charge in [0.25, 0.3) is 0 Å². The summed E-state index contributed by atoms with van der Waals surface area (Å²) in [5.41, 5.74) is 0.557. The van der Waals surface area contributed by atoms with Crippen molar-refractivity contribution in [1.82, 2.24) is 9.80 Å². The first-order valence-corrected chi connectivity index (χ1v) is 9.07. The van der Waals surface area contributed by atoms with Gasteiger partial charge in [-0.2, -0.15) is 0 Å². The average Bonchev–Trinajstić information content (AvgIpc) is 2.89. The molecule has 1 aromatic rings. The van der Waals surface area contributed by atoms with Crippen molar-refractivity contribution >= 4 is 34.9 Å². The number of methoxy groups -OCH3 is 1. The van der Waals surface area contributed by atoms with Crippen LogP contribution in [0.2, 0.25) is 10.0 Å². The Hall–Kier alpha value is -1.01. The molecule has 0 aromatic heterocycles. The maximum atomic E-state index is 12.7. The fourth-order valence-electron chi connectivity index (χ4n) is 3.62. The first-order chi connectivity index (χ1) is 11.6. The highest BCUT2D eigenvalue weighted by atomic mass is 35.5. The Labute approximate surface area is 152 Å². The molecule has 4 rings (SSSR count). The molecule has 0 aliphatic carbocycles. The number of piperidine rings is 1. The number of amides is 2. The van der Waals surface area contributed by atoms with Crippen LogP contribution >= 0.6 is 23.2 Å². The second-order valence-corrected chi connectivity index (χ2v) is 7.31. The molecule has 5 nitrogen and oxygen atoms in total. The molecule has 3 aliphatic rings. The van der Waals surface area contributed by atoms with Gasteiger partial charge in [0.05, 0.1) is 22.3 Å². The molecule has 2 amide bonds. The van der Waals surface area contributed by atoms with Crippen molar-refractivity contribution in [1.29, 1.82) is 0 Å². The summed E-state index contributed by atoms with van der Waals surface area (Å²) in [6.45, 7) is 4.21. The van der Waals surface area contributed by atoms with E-state index in [1.54, 1.807) is 25.3 Å². The summed E-state index contributed by atoms with van der Waals surface area (Å²) < 4.78 is 5.21. The largest absolute Gasteiger partial charge is 0.383 e. The molecule has 0 saturated carbocycles. The summed E-state index contributed by atoms with van der Waals surface area (Å²) >= 11 is 12.2. The van der Waals surface area contributed by atoms with Crippen LogP contribution in [-0.4, -0.2) is 61.8 Å². The predicted molar refractivity (Wildman–Crippen MR) is 97.0 cm³/mol. The third-order valence-corrected chi connectivity index (χ3v) is 5.71. The molecule has 132 valence electrons. The maximum absolute atomic E-state index is 12.7. The summed E-state index contributed by atoms with van der Waals surface area (Å²) in [5, 5.41) is 3.73. The Morgan fingerprint density at radius 1 is 1.29 bits per heavy atom. The van der Waals surface area contributed by atoms with Crippen molar-refractivity contribution in [2.24, 2.45) is 5.92 Å². The van der Waals surface area contributed by atoms with Crippen LogP contribution in [0.3, 0.4) is 0 Å². The molecule has 24 heavy (non-hydrogen) atoms. The predicted octanol–water partition coefficient (Wildman–Crippen LogP) is 3.57. The number of hydrogen-bond donors (Lipinski definition) is 1. The number of urea groups is 1. The minimum absolute atomic E-state index is 0.107. The van der Waals surface area contributed by atoms with Crippen molar-refractivity contribution in [3.8, 4) is 0 Å². The van der Waals surface area contributed by atoms with E-state index in [1.807, 2.05) is 4.90 Å². The van der Waals surface area contributed by atoms with E-state index < -0.39 is 0 Å². The van der Waals surface area contributed by atoms with E-state index in [1.165, 1.54) is 6.42 Å². The van der Waals surface area contributed by atoms with Gasteiger partial charge in [0.1, 0.15) is 0 Å². The molecule has 1 aromatic carbocycles. The topological polar surface area (TPSA) is 44.8 Å². The fraction of sp³-hybridized carbons (Fsp3) is 0.588. The lowest BCUT2D eigenvalue weighted by atomic mass is 9.95. The standard InChI is InChI=1S/C17H23Cl2N3O2/c1-24-8-7-21-9-12-5-6-13(21)11-22(10-12)17(23)20-15-4-2-3-14(18)16(15)19/h2-4,12-13H,5-11H2,1H3,(H,20,23)/t12-,13-/m1/s1. The zero-order valence-corrected chi connectivity index (χ0v) is 15.3. The number of ether oxygens (including phenoxy) is 1. The molecule has 7 heteroatoms. The minimum atomic E-state index is -0.107. The summed E-state index contributed by atoms with van der Waals surface area (Å²) in [5.74, 6) is 0.515. The van der Waals surface area contributed by atoms with Crippen molar-refractivity contribution in [2.75, 3.05) is 45.2 Å². The Balaban J connectivity index is 1.67. The number of benzene rings is 1. The molecular formula is C17H23Cl2N3O2. The summed E-state index contributed by atoms with van der Waals surface area (Å²) in [6, 6.07) is 5.55. The molecule has 0 radical (unpaired) electrons. The van der Waals surface area contributed by atoms with Crippen LogP contribution in [0.5, 0.6) is 0 Å². The Morgan fingerprint density at radius 3 is 2.92 bits per heavy atom. The number of fused-ring (bicyclic) bond motifs is 4. The number of carbonyl (C=O) groups is 1. The van der Waals surface area contributed by atoms with Crippen molar-refractivity contribution in [2.45, 2.75) is 18.9 Å². The first-order valence-electron chi connectivity index (χ1n) is 8.31. The van der Waals surface area contributed by atoms with E-state index in [4.69, 9.17) is 27.9 Å². The van der Waals surface area contributed by atoms with Crippen LogP contribution in [0.4, 0.5) is 10.5 Å². The number of halogens is 2. The van der Waals surface area contributed by atoms with Crippen LogP contribution in [-0.2, 0) is 4.74 Å². The van der Waals surface area contributed by atoms with E-state index >= 15 is 0 Å². The van der Waals surface area contributed by atoms with E-state index in [2.05, 4.69) is 10.2 Å². The van der Waals surface area contributed by atoms with Crippen molar-refractivity contribution in [3.63, 3.8) is 0 Å². The molecule has 2 bridgehead atoms. The van der Waals surface area contributed by atoms with Crippen LogP contribution in [0.15, 0.2) is 18.2 Å². The molecule has 3 saturated heterocycles. The SMILES string of the molecule is COCCN1C[C@H]2CC[C@@H]1CN(C(=O)Nc1cccc(Cl)c1Cl)C2. The highest BCUT2D eigenvalue weighted by molar-refractivity contribution is 6.43. The van der Waals surface area contributed by atoms with Gasteiger partial charge in [-0.05, 0) is 30.9 Å². The van der Waals surface area contributed by atoms with Crippen molar-refractivity contribution < 1.29 is 9.53 Å². The third kappa shape index (κ3) is 3.97. The molecule has 3 fully saturated rings. The zero-order chi connectivity index (χ0) is 17.1. The van der Waals surface area contributed by atoms with Gasteiger partial charge in [0.2, 0.25) is 0 Å². The van der Waals surface area contributed by atoms with Gasteiger partial charge in [-0.25, -0.2) is 4.79 Å². The van der Waals surface area contributed by atoms with Crippen LogP contribution in [0, 0.1) is 5.92 Å². The molecule has 2 atom stereocenters. The second-order valence-electron chi connectivity index (χ2n) is 6.52. The van der Waals surface area contributed by atoms with Gasteiger partial charge in [-0.15, -0.1) is 0 Å². The zero-order valence-electron chi connectivity index (χ0n) is 13.8. The number of nitrogens with zero attached hydrogens (tertiary/aromatic N) is 2. The third-order valence-electron chi connectivity index (χ3n) is 4.89. The van der Waals surface area contributed by atoms with E-state index in [0.717, 1.165) is 39.2 Å². The normalized spacial score (nSPS) is 24.0. The van der Waals surface area contributed by atoms with Gasteiger partial charge >= 0.3 is 6.03 Å². The van der Waals surface area contributed by atoms with Gasteiger partial charge in [0.15, 0.2) is 0 Å². The number of nitrogens with one attached hydrogen (secondary N) is 1. The van der Waals surface area contributed by atoms with Gasteiger partial charge in [-0.3, -0.25) is 4.90 Å². The lowest BCUT2D eigenvalue weighted by Crippen LogP contribution is -2.46. The molecule has 0 spiro atoms. The van der Waals surface area contributed by atoms with Crippen LogP contribution < -0.4 is 5.32 Å². The molecular weight excluding hydrogens is 349 g/mol. The van der Waals surface area contributed by atoms with E-state index in [9.17, 15) is 4.79 Å². The van der Waals surface area contributed by atoms with E-state index in [-0.39, 0.29) is 6.03 Å². The smallest absolute Gasteiger partial charge is 0.321 e. The van der Waals surface area contributed by atoms with E-state index in [0.29, 0.717) is 27.7 Å². The average molecular weight is 372 g/mol. The number of carbonyl (C=O) groups excluding carboxylic acids is 1. The first kappa shape index (κ1) is 17.8. The Kier molecular flexibility index (Phi) is 5.87. The molecule has 1 N–H and O–H groups in total. The summed E-state index contributed by atoms with van der Waals surface area (Å²) in [7, 11) is 1.73. The monoisotopic (exact) mass is 371 g/mol.